The van der Waals surface area contributed by atoms with Gasteiger partial charge < -0.3 is 15.0 Å². The van der Waals surface area contributed by atoms with Gasteiger partial charge in [0.1, 0.15) is 11.8 Å². The predicted molar refractivity (Wildman–Crippen MR) is 118 cm³/mol. The molecular weight excluding hydrogens is 400 g/mol. The molecular formula is C24H29ClN2O3. The highest BCUT2D eigenvalue weighted by atomic mass is 35.5. The van der Waals surface area contributed by atoms with Crippen molar-refractivity contribution >= 4 is 23.4 Å². The highest BCUT2D eigenvalue weighted by molar-refractivity contribution is 6.32. The van der Waals surface area contributed by atoms with Gasteiger partial charge >= 0.3 is 0 Å². The summed E-state index contributed by atoms with van der Waals surface area (Å²) >= 11 is 6.14. The van der Waals surface area contributed by atoms with Crippen LogP contribution in [0.25, 0.3) is 0 Å². The summed E-state index contributed by atoms with van der Waals surface area (Å²) in [4.78, 5) is 27.8. The van der Waals surface area contributed by atoms with Gasteiger partial charge in [0.05, 0.1) is 5.02 Å². The molecule has 1 saturated carbocycles. The third kappa shape index (κ3) is 5.99. The molecule has 160 valence electrons. The van der Waals surface area contributed by atoms with Crippen LogP contribution < -0.4 is 10.1 Å². The predicted octanol–water partition coefficient (Wildman–Crippen LogP) is 4.59. The molecule has 1 atom stereocenters. The zero-order chi connectivity index (χ0) is 21.3. The smallest absolute Gasteiger partial charge is 0.261 e. The third-order valence-corrected chi connectivity index (χ3v) is 5.78. The molecule has 5 nitrogen and oxygen atoms in total. The molecule has 1 aliphatic carbocycles. The molecule has 2 amide bonds. The molecule has 0 radical (unpaired) electrons. The number of hydrogen-bond donors (Lipinski definition) is 1. The lowest BCUT2D eigenvalue weighted by Crippen LogP contribution is -2.52. The van der Waals surface area contributed by atoms with Crippen molar-refractivity contribution in [2.45, 2.75) is 57.7 Å². The second-order valence-electron chi connectivity index (χ2n) is 7.64. The van der Waals surface area contributed by atoms with Crippen LogP contribution in [0.2, 0.25) is 5.02 Å². The van der Waals surface area contributed by atoms with Gasteiger partial charge in [-0.2, -0.15) is 0 Å². The van der Waals surface area contributed by atoms with Crippen LogP contribution in [0, 0.1) is 0 Å². The van der Waals surface area contributed by atoms with Crippen molar-refractivity contribution in [3.8, 4) is 5.75 Å². The fraction of sp³-hybridized carbons (Fsp3) is 0.417. The summed E-state index contributed by atoms with van der Waals surface area (Å²) in [5.74, 6) is 0.120. The molecule has 0 spiro atoms. The van der Waals surface area contributed by atoms with Gasteiger partial charge in [-0.25, -0.2) is 0 Å². The van der Waals surface area contributed by atoms with Crippen molar-refractivity contribution in [2.75, 3.05) is 6.61 Å². The third-order valence-electron chi connectivity index (χ3n) is 5.47. The van der Waals surface area contributed by atoms with E-state index in [0.717, 1.165) is 31.2 Å². The van der Waals surface area contributed by atoms with Gasteiger partial charge in [-0.05, 0) is 37.0 Å². The van der Waals surface area contributed by atoms with E-state index >= 15 is 0 Å². The topological polar surface area (TPSA) is 58.6 Å². The van der Waals surface area contributed by atoms with Crippen LogP contribution in [0.1, 0.15) is 44.6 Å². The fourth-order valence-corrected chi connectivity index (χ4v) is 4.04. The van der Waals surface area contributed by atoms with Gasteiger partial charge in [-0.15, -0.1) is 0 Å². The van der Waals surface area contributed by atoms with Gasteiger partial charge in [0.15, 0.2) is 6.61 Å². The van der Waals surface area contributed by atoms with E-state index in [1.807, 2.05) is 37.3 Å². The first kappa shape index (κ1) is 22.2. The van der Waals surface area contributed by atoms with Crippen molar-refractivity contribution in [3.05, 3.63) is 65.2 Å². The summed E-state index contributed by atoms with van der Waals surface area (Å²) in [5, 5.41) is 3.59. The Morgan fingerprint density at radius 2 is 1.77 bits per heavy atom. The first-order chi connectivity index (χ1) is 14.6. The summed E-state index contributed by atoms with van der Waals surface area (Å²) in [7, 11) is 0. The number of benzene rings is 2. The summed E-state index contributed by atoms with van der Waals surface area (Å²) in [5.41, 5.74) is 0.968. The first-order valence-corrected chi connectivity index (χ1v) is 11.0. The lowest BCUT2D eigenvalue weighted by Gasteiger charge is -2.31. The Morgan fingerprint density at radius 3 is 2.43 bits per heavy atom. The standard InChI is InChI=1S/C24H29ClN2O3/c1-2-21(24(29)26-19-12-6-7-13-19)27(16-18-10-4-3-5-11-18)23(28)17-30-22-15-9-8-14-20(22)25/h3-5,8-11,14-15,19,21H,2,6-7,12-13,16-17H2,1H3,(H,26,29)/t21-/m0/s1. The number of nitrogens with zero attached hydrogens (tertiary/aromatic N) is 1. The number of carbonyl (C=O) groups excluding carboxylic acids is 2. The Morgan fingerprint density at radius 1 is 1.10 bits per heavy atom. The largest absolute Gasteiger partial charge is 0.482 e. The molecule has 6 heteroatoms. The number of amides is 2. The van der Waals surface area contributed by atoms with E-state index < -0.39 is 6.04 Å². The lowest BCUT2D eigenvalue weighted by molar-refractivity contribution is -0.143. The molecule has 30 heavy (non-hydrogen) atoms. The second-order valence-corrected chi connectivity index (χ2v) is 8.05. The van der Waals surface area contributed by atoms with Crippen LogP contribution >= 0.6 is 11.6 Å². The molecule has 0 bridgehead atoms. The Labute approximate surface area is 183 Å². The Balaban J connectivity index is 1.74. The van der Waals surface area contributed by atoms with Crippen LogP contribution in [0.4, 0.5) is 0 Å². The Hall–Kier alpha value is -2.53. The Kier molecular flexibility index (Phi) is 8.14. The first-order valence-electron chi connectivity index (χ1n) is 10.6. The number of ether oxygens (including phenoxy) is 1. The summed E-state index contributed by atoms with van der Waals surface area (Å²) in [6.45, 7) is 2.10. The minimum atomic E-state index is -0.548. The molecule has 0 unspecified atom stereocenters. The van der Waals surface area contributed by atoms with Crippen molar-refractivity contribution in [1.29, 1.82) is 0 Å². The number of carbonyl (C=O) groups is 2. The normalized spacial score (nSPS) is 14.9. The number of para-hydroxylation sites is 1. The van der Waals surface area contributed by atoms with Gasteiger partial charge in [-0.1, -0.05) is 73.8 Å². The van der Waals surface area contributed by atoms with Crippen LogP contribution in [-0.2, 0) is 16.1 Å². The fourth-order valence-electron chi connectivity index (χ4n) is 3.85. The maximum absolute atomic E-state index is 13.2. The molecule has 0 heterocycles. The zero-order valence-corrected chi connectivity index (χ0v) is 18.1. The number of halogens is 1. The number of rotatable bonds is 9. The van der Waals surface area contributed by atoms with E-state index in [1.54, 1.807) is 29.2 Å². The summed E-state index contributed by atoms with van der Waals surface area (Å²) in [6, 6.07) is 16.4. The van der Waals surface area contributed by atoms with Crippen LogP contribution in [0.3, 0.4) is 0 Å². The quantitative estimate of drug-likeness (QED) is 0.635. The molecule has 1 N–H and O–H groups in total. The molecule has 0 aromatic heterocycles. The average molecular weight is 429 g/mol. The lowest BCUT2D eigenvalue weighted by atomic mass is 10.1. The van der Waals surface area contributed by atoms with Gasteiger partial charge in [-0.3, -0.25) is 9.59 Å². The highest BCUT2D eigenvalue weighted by Gasteiger charge is 2.30. The minimum absolute atomic E-state index is 0.0913. The molecule has 3 rings (SSSR count). The second kappa shape index (κ2) is 11.0. The summed E-state index contributed by atoms with van der Waals surface area (Å²) in [6.07, 6.45) is 4.82. The van der Waals surface area contributed by atoms with Crippen molar-refractivity contribution in [2.24, 2.45) is 0 Å². The highest BCUT2D eigenvalue weighted by Crippen LogP contribution is 2.24. The monoisotopic (exact) mass is 428 g/mol. The van der Waals surface area contributed by atoms with E-state index in [4.69, 9.17) is 16.3 Å². The van der Waals surface area contributed by atoms with Crippen LogP contribution in [0.5, 0.6) is 5.75 Å². The molecule has 0 aliphatic heterocycles. The van der Waals surface area contributed by atoms with Crippen LogP contribution in [-0.4, -0.2) is 35.4 Å². The zero-order valence-electron chi connectivity index (χ0n) is 17.4. The van der Waals surface area contributed by atoms with Gasteiger partial charge in [0, 0.05) is 12.6 Å². The molecule has 1 aliphatic rings. The van der Waals surface area contributed by atoms with Gasteiger partial charge in [0.2, 0.25) is 5.91 Å². The van der Waals surface area contributed by atoms with E-state index in [1.165, 1.54) is 0 Å². The molecule has 1 fully saturated rings. The average Bonchev–Trinajstić information content (AvgIpc) is 3.26. The van der Waals surface area contributed by atoms with E-state index in [9.17, 15) is 9.59 Å². The van der Waals surface area contributed by atoms with Gasteiger partial charge in [0.25, 0.3) is 5.91 Å². The maximum atomic E-state index is 13.2. The van der Waals surface area contributed by atoms with E-state index in [2.05, 4.69) is 5.32 Å². The minimum Gasteiger partial charge on any atom is -0.482 e. The molecule has 2 aromatic carbocycles. The van der Waals surface area contributed by atoms with Crippen molar-refractivity contribution < 1.29 is 14.3 Å². The van der Waals surface area contributed by atoms with Crippen molar-refractivity contribution in [1.82, 2.24) is 10.2 Å². The molecule has 2 aromatic rings. The molecule has 0 saturated heterocycles. The maximum Gasteiger partial charge on any atom is 0.261 e. The van der Waals surface area contributed by atoms with Crippen LogP contribution in [0.15, 0.2) is 54.6 Å². The van der Waals surface area contributed by atoms with E-state index in [0.29, 0.717) is 23.7 Å². The number of hydrogen-bond acceptors (Lipinski definition) is 3. The summed E-state index contributed by atoms with van der Waals surface area (Å²) < 4.78 is 5.67. The van der Waals surface area contributed by atoms with E-state index in [-0.39, 0.29) is 24.5 Å². The van der Waals surface area contributed by atoms with Crippen molar-refractivity contribution in [3.63, 3.8) is 0 Å². The SMILES string of the molecule is CC[C@@H](C(=O)NC1CCCC1)N(Cc1ccccc1)C(=O)COc1ccccc1Cl. The number of nitrogens with one attached hydrogen (secondary N) is 1. The Bertz CT molecular complexity index is 837.